The normalized spacial score (nSPS) is 11.1. The van der Waals surface area contributed by atoms with E-state index >= 15 is 0 Å². The summed E-state index contributed by atoms with van der Waals surface area (Å²) in [7, 11) is 1.64. The Morgan fingerprint density at radius 1 is 1.10 bits per heavy atom. The molecule has 8 heteroatoms. The molecule has 2 aromatic carbocycles. The molecule has 0 aliphatic carbocycles. The number of hydrogen-bond donors (Lipinski definition) is 2. The number of hydrogen-bond acceptors (Lipinski definition) is 5. The minimum Gasteiger partial charge on any atom is -0.493 e. The fourth-order valence-electron chi connectivity index (χ4n) is 2.92. The van der Waals surface area contributed by atoms with E-state index in [-0.39, 0.29) is 5.69 Å². The van der Waals surface area contributed by atoms with Crippen molar-refractivity contribution in [1.82, 2.24) is 10.6 Å². The minimum atomic E-state index is -0.396. The predicted octanol–water partition coefficient (Wildman–Crippen LogP) is 3.69. The lowest BCUT2D eigenvalue weighted by Gasteiger charge is -2.13. The zero-order valence-corrected chi connectivity index (χ0v) is 17.8. The Hall–Kier alpha value is -3.29. The van der Waals surface area contributed by atoms with E-state index in [1.54, 1.807) is 19.2 Å². The Morgan fingerprint density at radius 3 is 2.63 bits per heavy atom. The SMILES string of the molecule is CCNC(=NCc1cccc([N+](=O)[O-])c1)NCCCc1ccc(OC)c(OCC)c1. The zero-order valence-electron chi connectivity index (χ0n) is 17.8. The molecule has 0 radical (unpaired) electrons. The lowest BCUT2D eigenvalue weighted by molar-refractivity contribution is -0.384. The molecule has 0 heterocycles. The van der Waals surface area contributed by atoms with Gasteiger partial charge in [0.05, 0.1) is 25.2 Å². The summed E-state index contributed by atoms with van der Waals surface area (Å²) in [5, 5.41) is 17.4. The number of rotatable bonds is 11. The van der Waals surface area contributed by atoms with Crippen molar-refractivity contribution in [3.8, 4) is 11.5 Å². The number of guanidine groups is 1. The van der Waals surface area contributed by atoms with Crippen molar-refractivity contribution in [1.29, 1.82) is 0 Å². The van der Waals surface area contributed by atoms with Crippen LogP contribution in [0.4, 0.5) is 5.69 Å². The number of nitro groups is 1. The van der Waals surface area contributed by atoms with Crippen molar-refractivity contribution in [3.05, 3.63) is 63.7 Å². The fourth-order valence-corrected chi connectivity index (χ4v) is 2.92. The van der Waals surface area contributed by atoms with E-state index in [9.17, 15) is 10.1 Å². The molecule has 30 heavy (non-hydrogen) atoms. The summed E-state index contributed by atoms with van der Waals surface area (Å²) in [5.74, 6) is 2.19. The number of nitrogens with one attached hydrogen (secondary N) is 2. The van der Waals surface area contributed by atoms with Gasteiger partial charge in [0, 0.05) is 25.2 Å². The highest BCUT2D eigenvalue weighted by Crippen LogP contribution is 2.28. The second kappa shape index (κ2) is 12.3. The molecule has 2 aromatic rings. The van der Waals surface area contributed by atoms with Gasteiger partial charge in [-0.2, -0.15) is 0 Å². The summed E-state index contributed by atoms with van der Waals surface area (Å²) in [6.45, 7) is 6.39. The van der Waals surface area contributed by atoms with Crippen LogP contribution in [0.5, 0.6) is 11.5 Å². The highest BCUT2D eigenvalue weighted by molar-refractivity contribution is 5.79. The largest absolute Gasteiger partial charge is 0.493 e. The van der Waals surface area contributed by atoms with Gasteiger partial charge in [-0.25, -0.2) is 4.99 Å². The van der Waals surface area contributed by atoms with Crippen molar-refractivity contribution in [2.75, 3.05) is 26.8 Å². The first-order valence-corrected chi connectivity index (χ1v) is 10.1. The van der Waals surface area contributed by atoms with Gasteiger partial charge in [0.15, 0.2) is 17.5 Å². The van der Waals surface area contributed by atoms with E-state index < -0.39 is 4.92 Å². The third kappa shape index (κ3) is 7.27. The van der Waals surface area contributed by atoms with Crippen LogP contribution in [0.25, 0.3) is 0 Å². The van der Waals surface area contributed by atoms with E-state index in [4.69, 9.17) is 9.47 Å². The number of aliphatic imine (C=N–C) groups is 1. The van der Waals surface area contributed by atoms with Crippen molar-refractivity contribution < 1.29 is 14.4 Å². The maximum absolute atomic E-state index is 10.9. The van der Waals surface area contributed by atoms with Crippen LogP contribution < -0.4 is 20.1 Å². The molecule has 2 rings (SSSR count). The Labute approximate surface area is 177 Å². The Kier molecular flexibility index (Phi) is 9.44. The maximum Gasteiger partial charge on any atom is 0.269 e. The van der Waals surface area contributed by atoms with Crippen molar-refractivity contribution in [2.24, 2.45) is 4.99 Å². The van der Waals surface area contributed by atoms with Gasteiger partial charge < -0.3 is 20.1 Å². The summed E-state index contributed by atoms with van der Waals surface area (Å²) < 4.78 is 11.0. The Balaban J connectivity index is 1.89. The summed E-state index contributed by atoms with van der Waals surface area (Å²) in [5.41, 5.74) is 2.05. The lowest BCUT2D eigenvalue weighted by Crippen LogP contribution is -2.37. The molecule has 0 bridgehead atoms. The van der Waals surface area contributed by atoms with E-state index in [0.29, 0.717) is 19.1 Å². The number of non-ortho nitro benzene ring substituents is 1. The van der Waals surface area contributed by atoms with Gasteiger partial charge in [0.25, 0.3) is 5.69 Å². The number of nitrogens with zero attached hydrogens (tertiary/aromatic N) is 2. The molecule has 0 spiro atoms. The van der Waals surface area contributed by atoms with Crippen LogP contribution in [0.15, 0.2) is 47.5 Å². The third-order valence-electron chi connectivity index (χ3n) is 4.35. The molecule has 0 aromatic heterocycles. The molecule has 2 N–H and O–H groups in total. The first kappa shape index (κ1) is 23.0. The van der Waals surface area contributed by atoms with Crippen molar-refractivity contribution in [2.45, 2.75) is 33.2 Å². The van der Waals surface area contributed by atoms with Crippen LogP contribution in [0.1, 0.15) is 31.4 Å². The van der Waals surface area contributed by atoms with Gasteiger partial charge in [-0.15, -0.1) is 0 Å². The number of nitro benzene ring substituents is 1. The van der Waals surface area contributed by atoms with Gasteiger partial charge in [0.2, 0.25) is 0 Å². The summed E-state index contributed by atoms with van der Waals surface area (Å²) in [6.07, 6.45) is 1.81. The Morgan fingerprint density at radius 2 is 1.93 bits per heavy atom. The molecule has 0 unspecified atom stereocenters. The molecule has 0 amide bonds. The van der Waals surface area contributed by atoms with E-state index in [0.717, 1.165) is 43.0 Å². The zero-order chi connectivity index (χ0) is 21.8. The number of methoxy groups -OCH3 is 1. The highest BCUT2D eigenvalue weighted by atomic mass is 16.6. The van der Waals surface area contributed by atoms with Crippen molar-refractivity contribution in [3.63, 3.8) is 0 Å². The molecule has 162 valence electrons. The van der Waals surface area contributed by atoms with E-state index in [1.165, 1.54) is 11.6 Å². The highest BCUT2D eigenvalue weighted by Gasteiger charge is 2.07. The third-order valence-corrected chi connectivity index (χ3v) is 4.35. The van der Waals surface area contributed by atoms with Gasteiger partial charge in [-0.1, -0.05) is 18.2 Å². The van der Waals surface area contributed by atoms with Gasteiger partial charge in [0.1, 0.15) is 0 Å². The quantitative estimate of drug-likeness (QED) is 0.191. The van der Waals surface area contributed by atoms with Crippen LogP contribution in [0.3, 0.4) is 0 Å². The van der Waals surface area contributed by atoms with Crippen LogP contribution in [-0.4, -0.2) is 37.7 Å². The lowest BCUT2D eigenvalue weighted by atomic mass is 10.1. The first-order chi connectivity index (χ1) is 14.6. The number of benzene rings is 2. The van der Waals surface area contributed by atoms with Crippen LogP contribution in [0.2, 0.25) is 0 Å². The van der Waals surface area contributed by atoms with E-state index in [2.05, 4.69) is 15.6 Å². The predicted molar refractivity (Wildman–Crippen MR) is 118 cm³/mol. The molecule has 0 saturated heterocycles. The smallest absolute Gasteiger partial charge is 0.269 e. The average Bonchev–Trinajstić information content (AvgIpc) is 2.75. The number of ether oxygens (including phenoxy) is 2. The molecule has 0 saturated carbocycles. The monoisotopic (exact) mass is 414 g/mol. The Bertz CT molecular complexity index is 855. The maximum atomic E-state index is 10.9. The minimum absolute atomic E-state index is 0.0755. The van der Waals surface area contributed by atoms with Crippen LogP contribution in [-0.2, 0) is 13.0 Å². The van der Waals surface area contributed by atoms with Crippen molar-refractivity contribution >= 4 is 11.6 Å². The fraction of sp³-hybridized carbons (Fsp3) is 0.409. The summed E-state index contributed by atoms with van der Waals surface area (Å²) in [6, 6.07) is 12.5. The standard InChI is InChI=1S/C22H30N4O4/c1-4-23-22(25-16-18-8-6-10-19(14-18)26(27)28)24-13-7-9-17-11-12-20(29-3)21(15-17)30-5-2/h6,8,10-12,14-15H,4-5,7,9,13,16H2,1-3H3,(H2,23,24,25). The van der Waals surface area contributed by atoms with Crippen LogP contribution >= 0.6 is 0 Å². The second-order valence-corrected chi connectivity index (χ2v) is 6.57. The molecule has 0 atom stereocenters. The molecule has 8 nitrogen and oxygen atoms in total. The number of aryl methyl sites for hydroxylation is 1. The molecular formula is C22H30N4O4. The van der Waals surface area contributed by atoms with Gasteiger partial charge in [-0.3, -0.25) is 10.1 Å². The molecule has 0 aliphatic heterocycles. The van der Waals surface area contributed by atoms with Crippen LogP contribution in [0, 0.1) is 10.1 Å². The van der Waals surface area contributed by atoms with Gasteiger partial charge in [-0.05, 0) is 49.9 Å². The first-order valence-electron chi connectivity index (χ1n) is 10.1. The second-order valence-electron chi connectivity index (χ2n) is 6.57. The van der Waals surface area contributed by atoms with E-state index in [1.807, 2.05) is 38.1 Å². The van der Waals surface area contributed by atoms with Gasteiger partial charge >= 0.3 is 0 Å². The average molecular weight is 415 g/mol. The topological polar surface area (TPSA) is 98.0 Å². The molecular weight excluding hydrogens is 384 g/mol. The summed E-state index contributed by atoms with van der Waals surface area (Å²) in [4.78, 5) is 15.0. The summed E-state index contributed by atoms with van der Waals surface area (Å²) >= 11 is 0. The molecule has 0 fully saturated rings. The molecule has 0 aliphatic rings.